The van der Waals surface area contributed by atoms with Crippen LogP contribution in [0.1, 0.15) is 47.2 Å². The average Bonchev–Trinajstić information content (AvgIpc) is 2.90. The molecule has 1 N–H and O–H groups in total. The Hall–Kier alpha value is -2.50. The molecule has 0 atom stereocenters. The molecule has 142 valence electrons. The van der Waals surface area contributed by atoms with E-state index in [0.717, 1.165) is 17.1 Å². The summed E-state index contributed by atoms with van der Waals surface area (Å²) in [6, 6.07) is 9.79. The Balaban J connectivity index is 2.67. The van der Waals surface area contributed by atoms with Crippen molar-refractivity contribution in [2.24, 2.45) is 0 Å². The number of benzene rings is 1. The van der Waals surface area contributed by atoms with Crippen LogP contribution < -0.4 is 9.80 Å². The summed E-state index contributed by atoms with van der Waals surface area (Å²) >= 11 is 0. The fourth-order valence-corrected chi connectivity index (χ4v) is 2.71. The molecule has 26 heavy (non-hydrogen) atoms. The molecule has 2 rings (SSSR count). The van der Waals surface area contributed by atoms with E-state index in [1.165, 1.54) is 4.90 Å². The number of hydrogen-bond donors (Lipinski definition) is 1. The summed E-state index contributed by atoms with van der Waals surface area (Å²) < 4.78 is 1.72. The quantitative estimate of drug-likeness (QED) is 0.876. The van der Waals surface area contributed by atoms with Gasteiger partial charge >= 0.3 is 6.09 Å². The topological polar surface area (TPSA) is 61.6 Å². The highest BCUT2D eigenvalue weighted by molar-refractivity contribution is 5.87. The van der Waals surface area contributed by atoms with Crippen LogP contribution in [0.2, 0.25) is 0 Å². The Labute approximate surface area is 156 Å². The van der Waals surface area contributed by atoms with Crippen LogP contribution >= 0.6 is 0 Å². The molecule has 1 amide bonds. The molecular weight excluding hydrogens is 328 g/mol. The third-order valence-corrected chi connectivity index (χ3v) is 4.16. The third kappa shape index (κ3) is 4.00. The van der Waals surface area contributed by atoms with E-state index in [-0.39, 0.29) is 5.41 Å². The Kier molecular flexibility index (Phi) is 5.08. The van der Waals surface area contributed by atoms with Crippen molar-refractivity contribution in [1.82, 2.24) is 9.78 Å². The molecule has 0 bridgehead atoms. The van der Waals surface area contributed by atoms with Gasteiger partial charge in [0.25, 0.3) is 0 Å². The summed E-state index contributed by atoms with van der Waals surface area (Å²) in [7, 11) is 3.97. The van der Waals surface area contributed by atoms with Crippen molar-refractivity contribution in [3.8, 4) is 5.69 Å². The second kappa shape index (κ2) is 6.67. The zero-order valence-electron chi connectivity index (χ0n) is 17.0. The minimum absolute atomic E-state index is 0.189. The van der Waals surface area contributed by atoms with Crippen molar-refractivity contribution in [1.29, 1.82) is 0 Å². The van der Waals surface area contributed by atoms with Gasteiger partial charge in [-0.15, -0.1) is 0 Å². The Morgan fingerprint density at radius 3 is 1.96 bits per heavy atom. The SMILES string of the molecule is CN(C)c1ccc(-n2nc(C(C)(C)C)cc2N(C(=O)O)C(C)(C)C)cc1. The number of anilines is 2. The normalized spacial score (nSPS) is 12.2. The van der Waals surface area contributed by atoms with Crippen molar-refractivity contribution in [3.05, 3.63) is 36.0 Å². The van der Waals surface area contributed by atoms with E-state index >= 15 is 0 Å². The molecule has 0 radical (unpaired) electrons. The molecule has 1 aromatic heterocycles. The lowest BCUT2D eigenvalue weighted by atomic mass is 9.92. The largest absolute Gasteiger partial charge is 0.465 e. The fraction of sp³-hybridized carbons (Fsp3) is 0.500. The van der Waals surface area contributed by atoms with Crippen LogP contribution in [0.15, 0.2) is 30.3 Å². The van der Waals surface area contributed by atoms with Gasteiger partial charge in [0.1, 0.15) is 5.82 Å². The van der Waals surface area contributed by atoms with Crippen LogP contribution in [-0.4, -0.2) is 40.6 Å². The minimum Gasteiger partial charge on any atom is -0.465 e. The molecule has 0 spiro atoms. The summed E-state index contributed by atoms with van der Waals surface area (Å²) in [6.45, 7) is 11.8. The van der Waals surface area contributed by atoms with Crippen LogP contribution in [0.4, 0.5) is 16.3 Å². The van der Waals surface area contributed by atoms with Crippen LogP contribution in [0.3, 0.4) is 0 Å². The van der Waals surface area contributed by atoms with Crippen LogP contribution in [0.25, 0.3) is 5.69 Å². The summed E-state index contributed by atoms with van der Waals surface area (Å²) in [4.78, 5) is 15.4. The lowest BCUT2D eigenvalue weighted by Crippen LogP contribution is -2.46. The van der Waals surface area contributed by atoms with E-state index in [1.54, 1.807) is 4.68 Å². The lowest BCUT2D eigenvalue weighted by Gasteiger charge is -2.33. The molecule has 0 aliphatic heterocycles. The number of nitrogens with zero attached hydrogens (tertiary/aromatic N) is 4. The molecule has 0 aliphatic rings. The maximum Gasteiger partial charge on any atom is 0.413 e. The van der Waals surface area contributed by atoms with E-state index in [0.29, 0.717) is 5.82 Å². The maximum absolute atomic E-state index is 12.0. The monoisotopic (exact) mass is 358 g/mol. The number of carbonyl (C=O) groups is 1. The number of aromatic nitrogens is 2. The second-order valence-electron chi connectivity index (χ2n) is 8.75. The highest BCUT2D eigenvalue weighted by atomic mass is 16.4. The first-order valence-electron chi connectivity index (χ1n) is 8.74. The molecular formula is C20H30N4O2. The Morgan fingerprint density at radius 2 is 1.58 bits per heavy atom. The maximum atomic E-state index is 12.0. The molecule has 0 unspecified atom stereocenters. The van der Waals surface area contributed by atoms with E-state index in [1.807, 2.05) is 70.1 Å². The molecule has 6 nitrogen and oxygen atoms in total. The van der Waals surface area contributed by atoms with Crippen molar-refractivity contribution in [2.45, 2.75) is 52.5 Å². The van der Waals surface area contributed by atoms with Crippen molar-refractivity contribution in [3.63, 3.8) is 0 Å². The van der Waals surface area contributed by atoms with Crippen molar-refractivity contribution < 1.29 is 9.90 Å². The molecule has 1 aromatic carbocycles. The van der Waals surface area contributed by atoms with E-state index in [2.05, 4.69) is 20.8 Å². The van der Waals surface area contributed by atoms with Gasteiger partial charge in [-0.1, -0.05) is 20.8 Å². The van der Waals surface area contributed by atoms with Gasteiger partial charge in [0.15, 0.2) is 0 Å². The molecule has 0 saturated heterocycles. The first-order valence-corrected chi connectivity index (χ1v) is 8.74. The number of amides is 1. The summed E-state index contributed by atoms with van der Waals surface area (Å²) in [5.74, 6) is 0.549. The highest BCUT2D eigenvalue weighted by Gasteiger charge is 2.33. The summed E-state index contributed by atoms with van der Waals surface area (Å²) in [6.07, 6.45) is -0.996. The zero-order valence-corrected chi connectivity index (χ0v) is 17.0. The molecule has 2 aromatic rings. The molecule has 6 heteroatoms. The molecule has 0 fully saturated rings. The third-order valence-electron chi connectivity index (χ3n) is 4.16. The molecule has 0 saturated carbocycles. The fourth-order valence-electron chi connectivity index (χ4n) is 2.71. The van der Waals surface area contributed by atoms with Gasteiger partial charge in [0, 0.05) is 36.8 Å². The van der Waals surface area contributed by atoms with Gasteiger partial charge in [0.2, 0.25) is 0 Å². The first kappa shape index (κ1) is 19.8. The average molecular weight is 358 g/mol. The zero-order chi connectivity index (χ0) is 19.9. The molecule has 0 aliphatic carbocycles. The molecule has 1 heterocycles. The highest BCUT2D eigenvalue weighted by Crippen LogP contribution is 2.32. The standard InChI is InChI=1S/C20H30N4O2/c1-19(2,3)16-13-17(23(18(25)26)20(4,5)6)24(21-16)15-11-9-14(10-12-15)22(7)8/h9-13H,1-8H3,(H,25,26). The smallest absolute Gasteiger partial charge is 0.413 e. The van der Waals surface area contributed by atoms with Crippen LogP contribution in [0.5, 0.6) is 0 Å². The number of carboxylic acid groups (broad SMARTS) is 1. The Morgan fingerprint density at radius 1 is 1.04 bits per heavy atom. The van der Waals surface area contributed by atoms with Crippen LogP contribution in [0, 0.1) is 0 Å². The van der Waals surface area contributed by atoms with Gasteiger partial charge in [-0.2, -0.15) is 5.10 Å². The van der Waals surface area contributed by atoms with Crippen molar-refractivity contribution >= 4 is 17.6 Å². The van der Waals surface area contributed by atoms with E-state index in [4.69, 9.17) is 5.10 Å². The second-order valence-corrected chi connectivity index (χ2v) is 8.75. The van der Waals surface area contributed by atoms with Crippen LogP contribution in [-0.2, 0) is 5.41 Å². The first-order chi connectivity index (χ1) is 11.8. The van der Waals surface area contributed by atoms with Crippen molar-refractivity contribution in [2.75, 3.05) is 23.9 Å². The lowest BCUT2D eigenvalue weighted by molar-refractivity contribution is 0.195. The Bertz CT molecular complexity index is 778. The van der Waals surface area contributed by atoms with Gasteiger partial charge in [-0.05, 0) is 45.0 Å². The summed E-state index contributed by atoms with van der Waals surface area (Å²) in [5.41, 5.74) is 1.97. The predicted octanol–water partition coefficient (Wildman–Crippen LogP) is 4.52. The minimum atomic E-state index is -0.996. The van der Waals surface area contributed by atoms with Gasteiger partial charge < -0.3 is 10.0 Å². The van der Waals surface area contributed by atoms with Gasteiger partial charge in [-0.3, -0.25) is 4.90 Å². The van der Waals surface area contributed by atoms with Gasteiger partial charge in [-0.25, -0.2) is 9.48 Å². The van der Waals surface area contributed by atoms with E-state index in [9.17, 15) is 9.90 Å². The number of rotatable bonds is 3. The van der Waals surface area contributed by atoms with Gasteiger partial charge in [0.05, 0.1) is 11.4 Å². The predicted molar refractivity (Wildman–Crippen MR) is 107 cm³/mol. The summed E-state index contributed by atoms with van der Waals surface area (Å²) in [5, 5.41) is 14.6. The van der Waals surface area contributed by atoms with E-state index < -0.39 is 11.6 Å². The number of hydrogen-bond acceptors (Lipinski definition) is 3.